The fraction of sp³-hybridized carbons (Fsp3) is 0.429. The molecule has 3 aromatic heterocycles. The zero-order chi connectivity index (χ0) is 20.8. The van der Waals surface area contributed by atoms with Crippen molar-refractivity contribution < 1.29 is 0 Å². The molecule has 2 bridgehead atoms. The minimum atomic E-state index is 0.319. The molecule has 0 amide bonds. The van der Waals surface area contributed by atoms with E-state index in [0.29, 0.717) is 34.6 Å². The van der Waals surface area contributed by atoms with Crippen LogP contribution in [0.15, 0.2) is 40.5 Å². The van der Waals surface area contributed by atoms with Gasteiger partial charge in [-0.05, 0) is 58.0 Å². The summed E-state index contributed by atoms with van der Waals surface area (Å²) in [6, 6.07) is 7.51. The van der Waals surface area contributed by atoms with Crippen molar-refractivity contribution in [3.63, 3.8) is 0 Å². The van der Waals surface area contributed by atoms with E-state index in [1.165, 1.54) is 37.4 Å². The highest BCUT2D eigenvalue weighted by Crippen LogP contribution is 2.40. The third kappa shape index (κ3) is 3.57. The summed E-state index contributed by atoms with van der Waals surface area (Å²) in [4.78, 5) is 23.9. The molecule has 5 heterocycles. The van der Waals surface area contributed by atoms with Crippen molar-refractivity contribution in [3.05, 3.63) is 35.6 Å². The number of aromatic nitrogens is 4. The Kier molecular flexibility index (Phi) is 5.16. The van der Waals surface area contributed by atoms with Crippen LogP contribution in [-0.4, -0.2) is 57.1 Å². The second-order valence-corrected chi connectivity index (χ2v) is 9.65. The topological polar surface area (TPSA) is 84.1 Å². The summed E-state index contributed by atoms with van der Waals surface area (Å²) in [7, 11) is 4.37. The lowest BCUT2D eigenvalue weighted by atomic mass is 9.96. The molecule has 0 saturated carbocycles. The van der Waals surface area contributed by atoms with Crippen LogP contribution < -0.4 is 10.6 Å². The molecule has 156 valence electrons. The lowest BCUT2D eigenvalue weighted by molar-refractivity contribution is 0.221. The van der Waals surface area contributed by atoms with Gasteiger partial charge in [-0.25, -0.2) is 19.9 Å². The second-order valence-electron chi connectivity index (χ2n) is 8.21. The maximum Gasteiger partial charge on any atom is 0.179 e. The Balaban J connectivity index is 1.40. The van der Waals surface area contributed by atoms with Crippen LogP contribution >= 0.6 is 23.4 Å². The Hall–Kier alpha value is -2.16. The van der Waals surface area contributed by atoms with Crippen molar-refractivity contribution >= 4 is 46.2 Å². The first-order valence-corrected chi connectivity index (χ1v) is 11.4. The third-order valence-corrected chi connectivity index (χ3v) is 7.67. The first kappa shape index (κ1) is 19.8. The maximum atomic E-state index is 6.26. The normalized spacial score (nSPS) is 23.5. The predicted molar refractivity (Wildman–Crippen MR) is 121 cm³/mol. The minimum absolute atomic E-state index is 0.319. The van der Waals surface area contributed by atoms with Crippen LogP contribution in [0.5, 0.6) is 0 Å². The van der Waals surface area contributed by atoms with Crippen molar-refractivity contribution in [1.82, 2.24) is 24.8 Å². The van der Waals surface area contributed by atoms with E-state index in [1.54, 1.807) is 6.20 Å². The Morgan fingerprint density at radius 2 is 1.87 bits per heavy atom. The van der Waals surface area contributed by atoms with Gasteiger partial charge in [-0.1, -0.05) is 23.4 Å². The monoisotopic (exact) mass is 441 g/mol. The Morgan fingerprint density at radius 1 is 1.10 bits per heavy atom. The minimum Gasteiger partial charge on any atom is -0.382 e. The molecule has 2 aliphatic rings. The lowest BCUT2D eigenvalue weighted by Crippen LogP contribution is -2.49. The first-order chi connectivity index (χ1) is 14.5. The van der Waals surface area contributed by atoms with Gasteiger partial charge in [0.2, 0.25) is 0 Å². The van der Waals surface area contributed by atoms with Crippen molar-refractivity contribution in [2.45, 2.75) is 53.7 Å². The van der Waals surface area contributed by atoms with E-state index in [1.807, 2.05) is 24.4 Å². The molecule has 0 spiro atoms. The summed E-state index contributed by atoms with van der Waals surface area (Å²) in [5.41, 5.74) is 7.25. The van der Waals surface area contributed by atoms with Gasteiger partial charge < -0.3 is 15.5 Å². The van der Waals surface area contributed by atoms with Crippen molar-refractivity contribution in [2.24, 2.45) is 0 Å². The first-order valence-electron chi connectivity index (χ1n) is 10.2. The highest BCUT2D eigenvalue weighted by Gasteiger charge is 2.42. The fourth-order valence-electron chi connectivity index (χ4n) is 4.64. The van der Waals surface area contributed by atoms with Gasteiger partial charge in [0.1, 0.15) is 22.2 Å². The summed E-state index contributed by atoms with van der Waals surface area (Å²) in [5.74, 6) is 1.29. The van der Waals surface area contributed by atoms with Gasteiger partial charge in [0.15, 0.2) is 5.65 Å². The second kappa shape index (κ2) is 7.83. The van der Waals surface area contributed by atoms with Crippen molar-refractivity contribution in [1.29, 1.82) is 0 Å². The van der Waals surface area contributed by atoms with Crippen LogP contribution in [0.2, 0.25) is 5.02 Å². The highest BCUT2D eigenvalue weighted by molar-refractivity contribution is 7.99. The van der Waals surface area contributed by atoms with Gasteiger partial charge in [0.25, 0.3) is 0 Å². The number of nitrogen functional groups attached to an aromatic ring is 1. The molecule has 0 aromatic carbocycles. The zero-order valence-electron chi connectivity index (χ0n) is 17.0. The number of hydrogen-bond donors (Lipinski definition) is 1. The molecule has 0 radical (unpaired) electrons. The van der Waals surface area contributed by atoms with Gasteiger partial charge in [-0.2, -0.15) is 0 Å². The number of anilines is 2. The van der Waals surface area contributed by atoms with E-state index in [-0.39, 0.29) is 0 Å². The molecular formula is C21H24ClN7S. The molecule has 9 heteroatoms. The van der Waals surface area contributed by atoms with Crippen LogP contribution in [0.25, 0.3) is 11.2 Å². The van der Waals surface area contributed by atoms with E-state index in [2.05, 4.69) is 38.8 Å². The van der Waals surface area contributed by atoms with E-state index in [0.717, 1.165) is 21.3 Å². The number of pyridine rings is 2. The van der Waals surface area contributed by atoms with Crippen LogP contribution in [0, 0.1) is 0 Å². The molecule has 5 rings (SSSR count). The molecule has 2 fully saturated rings. The molecule has 2 saturated heterocycles. The molecule has 30 heavy (non-hydrogen) atoms. The number of rotatable bonds is 4. The zero-order valence-corrected chi connectivity index (χ0v) is 18.6. The standard InChI is InChI=1S/C21H24ClN7S/c1-28(2)14-9-12-3-4-13(10-14)29(12)17-11-25-21-15(26-17)5-6-18(27-21)30-16-7-8-24-20(23)19(16)22/h5-8,11-14H,3-4,9-10H2,1-2H3,(H2,23,24)/t12-,13-/m0/s1. The summed E-state index contributed by atoms with van der Waals surface area (Å²) < 4.78 is 0. The summed E-state index contributed by atoms with van der Waals surface area (Å²) in [5, 5.41) is 1.24. The molecule has 0 aliphatic carbocycles. The predicted octanol–water partition coefficient (Wildman–Crippen LogP) is 3.87. The smallest absolute Gasteiger partial charge is 0.179 e. The van der Waals surface area contributed by atoms with E-state index < -0.39 is 0 Å². The Morgan fingerprint density at radius 3 is 2.60 bits per heavy atom. The average molecular weight is 442 g/mol. The molecule has 7 nitrogen and oxygen atoms in total. The van der Waals surface area contributed by atoms with Crippen LogP contribution in [0.3, 0.4) is 0 Å². The fourth-order valence-corrected chi connectivity index (χ4v) is 5.68. The van der Waals surface area contributed by atoms with Crippen LogP contribution in [-0.2, 0) is 0 Å². The van der Waals surface area contributed by atoms with E-state index in [9.17, 15) is 0 Å². The molecule has 3 aromatic rings. The van der Waals surface area contributed by atoms with Gasteiger partial charge in [0.05, 0.1) is 11.2 Å². The average Bonchev–Trinajstić information content (AvgIpc) is 3.00. The quantitative estimate of drug-likeness (QED) is 0.653. The summed E-state index contributed by atoms with van der Waals surface area (Å²) >= 11 is 7.70. The number of piperidine rings is 1. The number of hydrogen-bond acceptors (Lipinski definition) is 8. The van der Waals surface area contributed by atoms with Gasteiger partial charge >= 0.3 is 0 Å². The number of fused-ring (bicyclic) bond motifs is 3. The van der Waals surface area contributed by atoms with Gasteiger partial charge in [-0.15, -0.1) is 0 Å². The highest BCUT2D eigenvalue weighted by atomic mass is 35.5. The Labute approximate surface area is 185 Å². The number of halogens is 1. The third-order valence-electron chi connectivity index (χ3n) is 6.16. The van der Waals surface area contributed by atoms with Crippen molar-refractivity contribution in [3.8, 4) is 0 Å². The molecule has 2 aliphatic heterocycles. The van der Waals surface area contributed by atoms with Gasteiger partial charge in [0, 0.05) is 29.2 Å². The van der Waals surface area contributed by atoms with Crippen molar-refractivity contribution in [2.75, 3.05) is 24.7 Å². The van der Waals surface area contributed by atoms with Crippen LogP contribution in [0.4, 0.5) is 11.6 Å². The molecular weight excluding hydrogens is 418 g/mol. The number of nitrogens with two attached hydrogens (primary N) is 1. The molecule has 0 unspecified atom stereocenters. The molecule has 2 atom stereocenters. The summed E-state index contributed by atoms with van der Waals surface area (Å²) in [6.45, 7) is 0. The van der Waals surface area contributed by atoms with Gasteiger partial charge in [-0.3, -0.25) is 0 Å². The lowest BCUT2D eigenvalue weighted by Gasteiger charge is -2.41. The SMILES string of the molecule is CN(C)C1C[C@@H]2CC[C@@H](C1)N2c1cnc2nc(Sc3ccnc(N)c3Cl)ccc2n1. The van der Waals surface area contributed by atoms with E-state index in [4.69, 9.17) is 22.3 Å². The Bertz CT molecular complexity index is 1080. The maximum absolute atomic E-state index is 6.26. The van der Waals surface area contributed by atoms with E-state index >= 15 is 0 Å². The van der Waals surface area contributed by atoms with Crippen LogP contribution in [0.1, 0.15) is 25.7 Å². The largest absolute Gasteiger partial charge is 0.382 e. The summed E-state index contributed by atoms with van der Waals surface area (Å²) in [6.07, 6.45) is 8.36. The number of nitrogens with zero attached hydrogens (tertiary/aromatic N) is 6. The molecule has 2 N–H and O–H groups in total.